The van der Waals surface area contributed by atoms with Crippen molar-refractivity contribution in [2.45, 2.75) is 78.0 Å². The van der Waals surface area contributed by atoms with Crippen LogP contribution in [-0.4, -0.2) is 44.0 Å². The smallest absolute Gasteiger partial charge is 0.337 e. The summed E-state index contributed by atoms with van der Waals surface area (Å²) < 4.78 is 6.40. The Morgan fingerprint density at radius 3 is 2.55 bits per heavy atom. The van der Waals surface area contributed by atoms with E-state index in [4.69, 9.17) is 4.74 Å². The van der Waals surface area contributed by atoms with Crippen molar-refractivity contribution in [2.24, 2.45) is 0 Å². The maximum atomic E-state index is 13.3. The number of rotatable bonds is 8. The van der Waals surface area contributed by atoms with Gasteiger partial charge in [0.25, 0.3) is 5.91 Å². The van der Waals surface area contributed by atoms with E-state index in [2.05, 4.69) is 32.9 Å². The first-order valence-corrected chi connectivity index (χ1v) is 12.8. The Labute approximate surface area is 222 Å². The minimum atomic E-state index is -1.28. The third-order valence-corrected chi connectivity index (χ3v) is 7.42. The van der Waals surface area contributed by atoms with Crippen molar-refractivity contribution in [2.75, 3.05) is 4.90 Å². The third kappa shape index (κ3) is 5.27. The lowest BCUT2D eigenvalue weighted by Crippen LogP contribution is -2.49. The average Bonchev–Trinajstić information content (AvgIpc) is 3.16. The van der Waals surface area contributed by atoms with Crippen molar-refractivity contribution >= 4 is 17.6 Å². The fourth-order valence-electron chi connectivity index (χ4n) is 5.12. The molecule has 0 radical (unpaired) electrons. The number of amides is 1. The van der Waals surface area contributed by atoms with Gasteiger partial charge in [0.15, 0.2) is 0 Å². The number of aromatic hydroxyl groups is 2. The van der Waals surface area contributed by atoms with E-state index in [1.807, 2.05) is 6.92 Å². The third-order valence-electron chi connectivity index (χ3n) is 7.42. The Kier molecular flexibility index (Phi) is 7.56. The highest BCUT2D eigenvalue weighted by Crippen LogP contribution is 2.47. The number of aliphatic hydroxyl groups is 1. The lowest BCUT2D eigenvalue weighted by atomic mass is 9.84. The lowest BCUT2D eigenvalue weighted by molar-refractivity contribution is -0.0597. The number of allylic oxidation sites excluding steroid dienone is 4. The van der Waals surface area contributed by atoms with Crippen LogP contribution in [-0.2, 0) is 13.0 Å². The van der Waals surface area contributed by atoms with Crippen molar-refractivity contribution in [1.82, 2.24) is 0 Å². The number of aromatic carboxylic acids is 1. The fraction of sp³-hybridized carbons (Fsp3) is 0.400. The number of carboxylic acids is 1. The van der Waals surface area contributed by atoms with E-state index in [0.29, 0.717) is 29.7 Å². The zero-order chi connectivity index (χ0) is 27.8. The molecule has 2 heterocycles. The number of ether oxygens (including phenoxy) is 1. The van der Waals surface area contributed by atoms with Crippen LogP contribution in [0.1, 0.15) is 85.2 Å². The first-order valence-electron chi connectivity index (χ1n) is 12.8. The van der Waals surface area contributed by atoms with Crippen molar-refractivity contribution in [3.63, 3.8) is 0 Å². The summed E-state index contributed by atoms with van der Waals surface area (Å²) >= 11 is 0. The molecule has 0 aliphatic carbocycles. The van der Waals surface area contributed by atoms with Crippen LogP contribution in [0.4, 0.5) is 5.69 Å². The number of phenols is 2. The Morgan fingerprint density at radius 1 is 1.13 bits per heavy atom. The van der Waals surface area contributed by atoms with Gasteiger partial charge in [-0.15, -0.1) is 0 Å². The number of carboxylic acid groups (broad SMARTS) is 1. The second kappa shape index (κ2) is 10.5. The number of fused-ring (bicyclic) bond motifs is 3. The molecule has 0 saturated carbocycles. The number of carbonyl (C=O) groups excluding carboxylic acids is 1. The summed E-state index contributed by atoms with van der Waals surface area (Å²) in [6.07, 6.45) is 6.86. The van der Waals surface area contributed by atoms with E-state index in [-0.39, 0.29) is 41.3 Å². The molecular weight excluding hydrogens is 486 g/mol. The quantitative estimate of drug-likeness (QED) is 0.339. The minimum Gasteiger partial charge on any atom is -0.508 e. The molecule has 202 valence electrons. The van der Waals surface area contributed by atoms with Crippen LogP contribution in [0.25, 0.3) is 0 Å². The van der Waals surface area contributed by atoms with E-state index < -0.39 is 23.6 Å². The molecule has 38 heavy (non-hydrogen) atoms. The molecule has 2 aliphatic rings. The van der Waals surface area contributed by atoms with Crippen LogP contribution in [0.2, 0.25) is 0 Å². The Hall–Kier alpha value is -3.78. The van der Waals surface area contributed by atoms with Gasteiger partial charge in [-0.2, -0.15) is 0 Å². The van der Waals surface area contributed by atoms with Gasteiger partial charge in [0.2, 0.25) is 0 Å². The van der Waals surface area contributed by atoms with Gasteiger partial charge in [0, 0.05) is 17.5 Å². The van der Waals surface area contributed by atoms with Gasteiger partial charge in [-0.3, -0.25) is 4.79 Å². The van der Waals surface area contributed by atoms with Crippen LogP contribution in [0.15, 0.2) is 47.6 Å². The first kappa shape index (κ1) is 27.3. The number of nitrogens with zero attached hydrogens (tertiary/aromatic N) is 1. The van der Waals surface area contributed by atoms with Crippen LogP contribution < -0.4 is 9.64 Å². The summed E-state index contributed by atoms with van der Waals surface area (Å²) in [5, 5.41) is 41.1. The van der Waals surface area contributed by atoms with E-state index in [0.717, 1.165) is 18.9 Å². The molecule has 2 aliphatic heterocycles. The van der Waals surface area contributed by atoms with Gasteiger partial charge in [-0.1, -0.05) is 23.3 Å². The number of phenolic OH excluding ortho intramolecular Hbond substituents is 2. The number of hydrogen-bond acceptors (Lipinski definition) is 6. The minimum absolute atomic E-state index is 0.0391. The van der Waals surface area contributed by atoms with Crippen molar-refractivity contribution in [3.05, 3.63) is 69.8 Å². The highest BCUT2D eigenvalue weighted by atomic mass is 16.5. The molecule has 8 nitrogen and oxygen atoms in total. The number of carbonyl (C=O) groups is 2. The number of anilines is 1. The maximum absolute atomic E-state index is 13.3. The first-order chi connectivity index (χ1) is 17.9. The standard InChI is InChI=1S/C30H35NO7/c1-17(2)7-5-8-18(3)9-6-12-30(4)26(34)15-22-25(33)14-20-23(27(22)38-30)16-31(28(20)35)24-11-10-19(32)13-21(24)29(36)37/h7,9-11,13-14,26,32-34H,5-6,8,12,15-16H2,1-4H3,(H,36,37)/t26-,30-/m0/s1. The van der Waals surface area contributed by atoms with E-state index in [1.165, 1.54) is 34.2 Å². The SMILES string of the molecule is CC(C)=CCCC(C)=CCC[C@]1(C)Oc2c(c(O)cc3c2CN(c2ccc(O)cc2C(=O)O)C3=O)C[C@@H]1O. The lowest BCUT2D eigenvalue weighted by Gasteiger charge is -2.40. The molecule has 4 N–H and O–H groups in total. The summed E-state index contributed by atoms with van der Waals surface area (Å²) in [6, 6.07) is 5.16. The van der Waals surface area contributed by atoms with Crippen LogP contribution in [0.5, 0.6) is 17.2 Å². The van der Waals surface area contributed by atoms with Crippen molar-refractivity contribution in [1.29, 1.82) is 0 Å². The molecule has 0 saturated heterocycles. The maximum Gasteiger partial charge on any atom is 0.337 e. The van der Waals surface area contributed by atoms with Gasteiger partial charge in [-0.25, -0.2) is 4.79 Å². The molecule has 1 amide bonds. The Balaban J connectivity index is 1.60. The molecule has 0 spiro atoms. The second-order valence-corrected chi connectivity index (χ2v) is 10.7. The fourth-order valence-corrected chi connectivity index (χ4v) is 5.12. The Morgan fingerprint density at radius 2 is 1.87 bits per heavy atom. The topological polar surface area (TPSA) is 128 Å². The molecule has 0 unspecified atom stereocenters. The van der Waals surface area contributed by atoms with Crippen molar-refractivity contribution < 1.29 is 34.8 Å². The summed E-state index contributed by atoms with van der Waals surface area (Å²) in [4.78, 5) is 26.4. The zero-order valence-electron chi connectivity index (χ0n) is 22.2. The highest BCUT2D eigenvalue weighted by molar-refractivity contribution is 6.13. The summed E-state index contributed by atoms with van der Waals surface area (Å²) in [5.41, 5.74) is 2.74. The molecule has 0 bridgehead atoms. The largest absolute Gasteiger partial charge is 0.508 e. The normalized spacial score (nSPS) is 20.6. The molecular formula is C30H35NO7. The molecule has 0 aromatic heterocycles. The number of hydrogen-bond donors (Lipinski definition) is 4. The highest BCUT2D eigenvalue weighted by Gasteiger charge is 2.44. The molecule has 8 heteroatoms. The predicted octanol–water partition coefficient (Wildman–Crippen LogP) is 5.48. The molecule has 2 aromatic carbocycles. The van der Waals surface area contributed by atoms with Crippen LogP contribution in [0.3, 0.4) is 0 Å². The monoisotopic (exact) mass is 521 g/mol. The van der Waals surface area contributed by atoms with Crippen molar-refractivity contribution in [3.8, 4) is 17.2 Å². The van der Waals surface area contributed by atoms with Gasteiger partial charge < -0.3 is 30.1 Å². The van der Waals surface area contributed by atoms with Gasteiger partial charge in [-0.05, 0) is 77.6 Å². The second-order valence-electron chi connectivity index (χ2n) is 10.7. The molecule has 0 fully saturated rings. The predicted molar refractivity (Wildman–Crippen MR) is 144 cm³/mol. The zero-order valence-corrected chi connectivity index (χ0v) is 22.2. The van der Waals surface area contributed by atoms with Gasteiger partial charge in [0.1, 0.15) is 22.8 Å². The Bertz CT molecular complexity index is 1340. The van der Waals surface area contributed by atoms with E-state index >= 15 is 0 Å². The summed E-state index contributed by atoms with van der Waals surface area (Å²) in [7, 11) is 0. The van der Waals surface area contributed by atoms with Gasteiger partial charge >= 0.3 is 5.97 Å². The average molecular weight is 522 g/mol. The number of benzene rings is 2. The molecule has 4 rings (SSSR count). The molecule has 2 atom stereocenters. The van der Waals surface area contributed by atoms with Gasteiger partial charge in [0.05, 0.1) is 29.5 Å². The van der Waals surface area contributed by atoms with Crippen LogP contribution >= 0.6 is 0 Å². The van der Waals surface area contributed by atoms with E-state index in [1.54, 1.807) is 0 Å². The number of aliphatic hydroxyl groups excluding tert-OH is 1. The molecule has 2 aromatic rings. The summed E-state index contributed by atoms with van der Waals surface area (Å²) in [5.74, 6) is -1.75. The summed E-state index contributed by atoms with van der Waals surface area (Å²) in [6.45, 7) is 8.12. The van der Waals surface area contributed by atoms with Crippen LogP contribution in [0, 0.1) is 0 Å². The van der Waals surface area contributed by atoms with E-state index in [9.17, 15) is 30.0 Å².